The maximum atomic E-state index is 6.01. The van der Waals surface area contributed by atoms with Crippen LogP contribution in [-0.4, -0.2) is 19.9 Å². The second-order valence-corrected chi connectivity index (χ2v) is 3.51. The van der Waals surface area contributed by atoms with Gasteiger partial charge in [0, 0.05) is 24.7 Å². The van der Waals surface area contributed by atoms with Crippen molar-refractivity contribution in [1.82, 2.24) is 19.9 Å². The Morgan fingerprint density at radius 3 is 2.88 bits per heavy atom. The van der Waals surface area contributed by atoms with Crippen LogP contribution in [0.5, 0.6) is 0 Å². The molecule has 2 heterocycles. The maximum absolute atomic E-state index is 6.01. The lowest BCUT2D eigenvalue weighted by Crippen LogP contribution is -2.13. The van der Waals surface area contributed by atoms with E-state index in [-0.39, 0.29) is 6.04 Å². The zero-order valence-corrected chi connectivity index (χ0v) is 9.42. The molecule has 1 atom stereocenters. The van der Waals surface area contributed by atoms with Gasteiger partial charge in [-0.2, -0.15) is 10.1 Å². The molecule has 0 bridgehead atoms. The van der Waals surface area contributed by atoms with Crippen molar-refractivity contribution < 1.29 is 4.52 Å². The Labute approximate surface area is 93.4 Å². The number of hydrogen-bond acceptors (Lipinski definition) is 5. The predicted octanol–water partition coefficient (Wildman–Crippen LogP) is 0.896. The standard InChI is InChI=1S/C10H15N5O/c1-3-8-13-10(14-16-8)9(11)7-5-12-15(4-2)6-7/h5-6,9H,3-4,11H2,1-2H3. The Morgan fingerprint density at radius 2 is 2.31 bits per heavy atom. The molecule has 0 aliphatic rings. The lowest BCUT2D eigenvalue weighted by atomic mass is 10.2. The van der Waals surface area contributed by atoms with E-state index in [1.807, 2.05) is 24.7 Å². The molecular weight excluding hydrogens is 206 g/mol. The first kappa shape index (κ1) is 10.8. The minimum Gasteiger partial charge on any atom is -0.339 e. The lowest BCUT2D eigenvalue weighted by molar-refractivity contribution is 0.375. The fraction of sp³-hybridized carbons (Fsp3) is 0.500. The van der Waals surface area contributed by atoms with Crippen LogP contribution in [0, 0.1) is 0 Å². The summed E-state index contributed by atoms with van der Waals surface area (Å²) in [5, 5.41) is 8.01. The third kappa shape index (κ3) is 1.96. The highest BCUT2D eigenvalue weighted by Crippen LogP contribution is 2.16. The van der Waals surface area contributed by atoms with Crippen molar-refractivity contribution in [1.29, 1.82) is 0 Å². The third-order valence-corrected chi connectivity index (χ3v) is 2.40. The first-order valence-electron chi connectivity index (χ1n) is 5.35. The lowest BCUT2D eigenvalue weighted by Gasteiger charge is -2.02. The van der Waals surface area contributed by atoms with Crippen LogP contribution in [0.2, 0.25) is 0 Å². The van der Waals surface area contributed by atoms with Crippen LogP contribution in [0.15, 0.2) is 16.9 Å². The van der Waals surface area contributed by atoms with E-state index in [2.05, 4.69) is 15.2 Å². The predicted molar refractivity (Wildman–Crippen MR) is 57.6 cm³/mol. The van der Waals surface area contributed by atoms with Crippen LogP contribution in [0.1, 0.15) is 37.2 Å². The fourth-order valence-corrected chi connectivity index (χ4v) is 1.40. The number of nitrogens with two attached hydrogens (primary N) is 1. The van der Waals surface area contributed by atoms with E-state index in [4.69, 9.17) is 10.3 Å². The number of aryl methyl sites for hydroxylation is 2. The minimum absolute atomic E-state index is 0.371. The van der Waals surface area contributed by atoms with Gasteiger partial charge < -0.3 is 10.3 Å². The van der Waals surface area contributed by atoms with Gasteiger partial charge in [-0.15, -0.1) is 0 Å². The molecule has 2 rings (SSSR count). The molecule has 0 aliphatic carbocycles. The van der Waals surface area contributed by atoms with Gasteiger partial charge in [-0.05, 0) is 6.92 Å². The topological polar surface area (TPSA) is 82.8 Å². The SMILES string of the molecule is CCc1nc(C(N)c2cnn(CC)c2)no1. The molecule has 0 amide bonds. The normalized spacial score (nSPS) is 12.9. The average molecular weight is 221 g/mol. The van der Waals surface area contributed by atoms with Gasteiger partial charge in [0.2, 0.25) is 5.89 Å². The molecule has 1 unspecified atom stereocenters. The molecule has 0 radical (unpaired) electrons. The Balaban J connectivity index is 2.20. The summed E-state index contributed by atoms with van der Waals surface area (Å²) in [4.78, 5) is 4.20. The molecule has 6 heteroatoms. The van der Waals surface area contributed by atoms with Crippen LogP contribution in [0.3, 0.4) is 0 Å². The molecule has 0 spiro atoms. The molecule has 2 aromatic heterocycles. The molecule has 6 nitrogen and oxygen atoms in total. The minimum atomic E-state index is -0.371. The molecule has 16 heavy (non-hydrogen) atoms. The van der Waals surface area contributed by atoms with Crippen molar-refractivity contribution in [2.24, 2.45) is 5.73 Å². The van der Waals surface area contributed by atoms with Gasteiger partial charge in [0.15, 0.2) is 5.82 Å². The third-order valence-electron chi connectivity index (χ3n) is 2.40. The van der Waals surface area contributed by atoms with Crippen LogP contribution < -0.4 is 5.73 Å². The van der Waals surface area contributed by atoms with E-state index in [1.54, 1.807) is 6.20 Å². The highest BCUT2D eigenvalue weighted by atomic mass is 16.5. The molecule has 0 aliphatic heterocycles. The average Bonchev–Trinajstić information content (AvgIpc) is 2.97. The molecule has 0 saturated heterocycles. The smallest absolute Gasteiger partial charge is 0.226 e. The quantitative estimate of drug-likeness (QED) is 0.829. The monoisotopic (exact) mass is 221 g/mol. The fourth-order valence-electron chi connectivity index (χ4n) is 1.40. The van der Waals surface area contributed by atoms with E-state index in [9.17, 15) is 0 Å². The molecule has 0 aromatic carbocycles. The molecule has 86 valence electrons. The van der Waals surface area contributed by atoms with E-state index in [0.717, 1.165) is 12.1 Å². The largest absolute Gasteiger partial charge is 0.339 e. The Morgan fingerprint density at radius 1 is 1.50 bits per heavy atom. The summed E-state index contributed by atoms with van der Waals surface area (Å²) in [5.41, 5.74) is 6.91. The summed E-state index contributed by atoms with van der Waals surface area (Å²) >= 11 is 0. The van der Waals surface area contributed by atoms with Gasteiger partial charge in [-0.3, -0.25) is 4.68 Å². The second kappa shape index (κ2) is 4.44. The van der Waals surface area contributed by atoms with Gasteiger partial charge >= 0.3 is 0 Å². The van der Waals surface area contributed by atoms with Crippen molar-refractivity contribution in [3.8, 4) is 0 Å². The number of hydrogen-bond donors (Lipinski definition) is 1. The van der Waals surface area contributed by atoms with Crippen LogP contribution >= 0.6 is 0 Å². The molecule has 0 fully saturated rings. The number of nitrogens with zero attached hydrogens (tertiary/aromatic N) is 4. The van der Waals surface area contributed by atoms with Crippen molar-refractivity contribution >= 4 is 0 Å². The van der Waals surface area contributed by atoms with Gasteiger partial charge in [0.05, 0.1) is 12.2 Å². The Bertz CT molecular complexity index is 419. The van der Waals surface area contributed by atoms with Gasteiger partial charge in [0.25, 0.3) is 0 Å². The summed E-state index contributed by atoms with van der Waals surface area (Å²) in [6, 6.07) is -0.371. The molecular formula is C10H15N5O. The van der Waals surface area contributed by atoms with E-state index < -0.39 is 0 Å². The van der Waals surface area contributed by atoms with E-state index in [0.29, 0.717) is 18.1 Å². The molecule has 2 aromatic rings. The summed E-state index contributed by atoms with van der Waals surface area (Å²) in [6.45, 7) is 4.79. The Kier molecular flexibility index (Phi) is 3.00. The summed E-state index contributed by atoms with van der Waals surface area (Å²) in [5.74, 6) is 1.11. The zero-order valence-electron chi connectivity index (χ0n) is 9.42. The van der Waals surface area contributed by atoms with Crippen LogP contribution in [0.4, 0.5) is 0 Å². The summed E-state index contributed by atoms with van der Waals surface area (Å²) in [7, 11) is 0. The summed E-state index contributed by atoms with van der Waals surface area (Å²) < 4.78 is 6.84. The first-order valence-corrected chi connectivity index (χ1v) is 5.35. The maximum Gasteiger partial charge on any atom is 0.226 e. The van der Waals surface area contributed by atoms with E-state index >= 15 is 0 Å². The van der Waals surface area contributed by atoms with Crippen molar-refractivity contribution in [3.05, 3.63) is 29.7 Å². The van der Waals surface area contributed by atoms with Gasteiger partial charge in [0.1, 0.15) is 0 Å². The highest BCUT2D eigenvalue weighted by Gasteiger charge is 2.17. The number of aromatic nitrogens is 4. The molecule has 2 N–H and O–H groups in total. The van der Waals surface area contributed by atoms with Crippen molar-refractivity contribution in [2.45, 2.75) is 32.9 Å². The second-order valence-electron chi connectivity index (χ2n) is 3.51. The van der Waals surface area contributed by atoms with Crippen LogP contribution in [0.25, 0.3) is 0 Å². The zero-order chi connectivity index (χ0) is 11.5. The van der Waals surface area contributed by atoms with E-state index in [1.165, 1.54) is 0 Å². The van der Waals surface area contributed by atoms with Gasteiger partial charge in [-0.1, -0.05) is 12.1 Å². The van der Waals surface area contributed by atoms with Crippen molar-refractivity contribution in [2.75, 3.05) is 0 Å². The summed E-state index contributed by atoms with van der Waals surface area (Å²) in [6.07, 6.45) is 4.34. The highest BCUT2D eigenvalue weighted by molar-refractivity contribution is 5.17. The van der Waals surface area contributed by atoms with Gasteiger partial charge in [-0.25, -0.2) is 0 Å². The van der Waals surface area contributed by atoms with Crippen molar-refractivity contribution in [3.63, 3.8) is 0 Å². The first-order chi connectivity index (χ1) is 7.74. The number of rotatable bonds is 4. The Hall–Kier alpha value is -1.69. The molecule has 0 saturated carbocycles. The van der Waals surface area contributed by atoms with Crippen LogP contribution in [-0.2, 0) is 13.0 Å².